The number of carbonyl (C=O) groups is 1. The molecule has 2 N–H and O–H groups in total. The molecule has 1 aromatic carbocycles. The summed E-state index contributed by atoms with van der Waals surface area (Å²) < 4.78 is 10.4. The van der Waals surface area contributed by atoms with E-state index >= 15 is 0 Å². The average molecular weight is 267 g/mol. The molecule has 1 rings (SSSR count). The molecular weight excluding hydrogens is 246 g/mol. The Kier molecular flexibility index (Phi) is 5.18. The highest BCUT2D eigenvalue weighted by atomic mass is 16.5. The van der Waals surface area contributed by atoms with Gasteiger partial charge >= 0.3 is 5.97 Å². The van der Waals surface area contributed by atoms with Crippen LogP contribution in [-0.4, -0.2) is 31.8 Å². The van der Waals surface area contributed by atoms with Crippen LogP contribution in [0.3, 0.4) is 0 Å². The first kappa shape index (κ1) is 15.3. The van der Waals surface area contributed by atoms with E-state index in [9.17, 15) is 4.79 Å². The number of methoxy groups -OCH3 is 2. The molecule has 0 aliphatic carbocycles. The van der Waals surface area contributed by atoms with Gasteiger partial charge in [0, 0.05) is 0 Å². The summed E-state index contributed by atoms with van der Waals surface area (Å²) in [5.74, 6) is 0.369. The predicted octanol–water partition coefficient (Wildman–Crippen LogP) is 2.00. The molecule has 0 fully saturated rings. The number of hydrogen-bond donors (Lipinski definition) is 2. The number of aliphatic carboxylic acids is 1. The minimum Gasteiger partial charge on any atom is -0.493 e. The third-order valence-corrected chi connectivity index (χ3v) is 3.09. The van der Waals surface area contributed by atoms with Crippen LogP contribution in [0.1, 0.15) is 25.8 Å². The second kappa shape index (κ2) is 6.43. The Morgan fingerprint density at radius 3 is 2.42 bits per heavy atom. The fourth-order valence-electron chi connectivity index (χ4n) is 2.14. The van der Waals surface area contributed by atoms with Crippen LogP contribution in [0.25, 0.3) is 0 Å². The van der Waals surface area contributed by atoms with Gasteiger partial charge in [-0.15, -0.1) is 0 Å². The smallest absolute Gasteiger partial charge is 0.305 e. The molecular formula is C14H21NO4. The van der Waals surface area contributed by atoms with E-state index in [-0.39, 0.29) is 6.42 Å². The molecule has 106 valence electrons. The van der Waals surface area contributed by atoms with Gasteiger partial charge < -0.3 is 19.9 Å². The third-order valence-electron chi connectivity index (χ3n) is 3.09. The van der Waals surface area contributed by atoms with E-state index in [1.807, 2.05) is 26.0 Å². The van der Waals surface area contributed by atoms with Crippen LogP contribution in [0.15, 0.2) is 18.2 Å². The summed E-state index contributed by atoms with van der Waals surface area (Å²) in [6.07, 6.45) is -0.00365. The number of rotatable bonds is 7. The number of carboxylic acid groups (broad SMARTS) is 1. The van der Waals surface area contributed by atoms with E-state index < -0.39 is 11.5 Å². The molecule has 0 aliphatic heterocycles. The average Bonchev–Trinajstić information content (AvgIpc) is 2.37. The Labute approximate surface area is 113 Å². The van der Waals surface area contributed by atoms with Crippen LogP contribution in [0.5, 0.6) is 11.5 Å². The number of nitrogens with one attached hydrogen (secondary N) is 1. The van der Waals surface area contributed by atoms with Crippen molar-refractivity contribution < 1.29 is 19.4 Å². The van der Waals surface area contributed by atoms with Gasteiger partial charge in [0.25, 0.3) is 0 Å². The van der Waals surface area contributed by atoms with E-state index in [1.54, 1.807) is 20.3 Å². The van der Waals surface area contributed by atoms with Crippen molar-refractivity contribution in [2.75, 3.05) is 20.8 Å². The lowest BCUT2D eigenvalue weighted by Gasteiger charge is -2.30. The summed E-state index contributed by atoms with van der Waals surface area (Å²) >= 11 is 0. The van der Waals surface area contributed by atoms with Crippen molar-refractivity contribution in [2.45, 2.75) is 25.8 Å². The first-order valence-electron chi connectivity index (χ1n) is 6.16. The minimum absolute atomic E-state index is 0.00365. The highest BCUT2D eigenvalue weighted by molar-refractivity contribution is 5.69. The molecule has 0 heterocycles. The van der Waals surface area contributed by atoms with Crippen LogP contribution in [-0.2, 0) is 10.3 Å². The second-order valence-corrected chi connectivity index (χ2v) is 4.50. The van der Waals surface area contributed by atoms with Crippen LogP contribution >= 0.6 is 0 Å². The number of hydrogen-bond acceptors (Lipinski definition) is 4. The third kappa shape index (κ3) is 3.61. The van der Waals surface area contributed by atoms with E-state index in [4.69, 9.17) is 14.6 Å². The molecule has 5 heteroatoms. The molecule has 0 aromatic heterocycles. The van der Waals surface area contributed by atoms with E-state index in [2.05, 4.69) is 5.32 Å². The Bertz CT molecular complexity index is 447. The molecule has 0 amide bonds. The molecule has 1 atom stereocenters. The van der Waals surface area contributed by atoms with Crippen LogP contribution in [0, 0.1) is 0 Å². The summed E-state index contributed by atoms with van der Waals surface area (Å²) in [5.41, 5.74) is 0.217. The summed E-state index contributed by atoms with van der Waals surface area (Å²) in [7, 11) is 3.13. The number of benzene rings is 1. The van der Waals surface area contributed by atoms with Crippen molar-refractivity contribution in [3.8, 4) is 11.5 Å². The maximum Gasteiger partial charge on any atom is 0.305 e. The van der Waals surface area contributed by atoms with Gasteiger partial charge in [-0.05, 0) is 31.2 Å². The fraction of sp³-hybridized carbons (Fsp3) is 0.500. The molecule has 0 saturated carbocycles. The molecule has 1 unspecified atom stereocenters. The highest BCUT2D eigenvalue weighted by Gasteiger charge is 2.29. The quantitative estimate of drug-likeness (QED) is 0.791. The van der Waals surface area contributed by atoms with Crippen molar-refractivity contribution >= 4 is 5.97 Å². The summed E-state index contributed by atoms with van der Waals surface area (Å²) in [5, 5.41) is 12.3. The lowest BCUT2D eigenvalue weighted by atomic mass is 9.88. The van der Waals surface area contributed by atoms with Crippen molar-refractivity contribution in [1.82, 2.24) is 5.32 Å². The second-order valence-electron chi connectivity index (χ2n) is 4.50. The van der Waals surface area contributed by atoms with Gasteiger partial charge in [-0.1, -0.05) is 13.0 Å². The summed E-state index contributed by atoms with van der Waals surface area (Å²) in [6, 6.07) is 5.45. The monoisotopic (exact) mass is 267 g/mol. The number of ether oxygens (including phenoxy) is 2. The van der Waals surface area contributed by atoms with Crippen LogP contribution in [0.2, 0.25) is 0 Å². The largest absolute Gasteiger partial charge is 0.493 e. The zero-order valence-electron chi connectivity index (χ0n) is 11.8. The molecule has 1 aromatic rings. The standard InChI is InChI=1S/C14H21NO4/c1-5-15-14(2,9-13(16)17)10-6-7-11(18-3)12(8-10)19-4/h6-8,15H,5,9H2,1-4H3,(H,16,17). The first-order valence-corrected chi connectivity index (χ1v) is 6.16. The molecule has 5 nitrogen and oxygen atoms in total. The molecule has 0 spiro atoms. The van der Waals surface area contributed by atoms with E-state index in [0.717, 1.165) is 5.56 Å². The van der Waals surface area contributed by atoms with Gasteiger partial charge in [0.05, 0.1) is 26.2 Å². The van der Waals surface area contributed by atoms with Crippen molar-refractivity contribution in [1.29, 1.82) is 0 Å². The van der Waals surface area contributed by atoms with Crippen molar-refractivity contribution in [3.05, 3.63) is 23.8 Å². The van der Waals surface area contributed by atoms with E-state index in [1.165, 1.54) is 0 Å². The zero-order valence-corrected chi connectivity index (χ0v) is 11.8. The van der Waals surface area contributed by atoms with Crippen molar-refractivity contribution in [2.24, 2.45) is 0 Å². The molecule has 0 aliphatic rings. The fourth-order valence-corrected chi connectivity index (χ4v) is 2.14. The summed E-state index contributed by atoms with van der Waals surface area (Å²) in [4.78, 5) is 11.0. The van der Waals surface area contributed by atoms with Gasteiger partial charge in [0.15, 0.2) is 11.5 Å². The molecule has 0 saturated heterocycles. The van der Waals surface area contributed by atoms with E-state index in [0.29, 0.717) is 18.0 Å². The van der Waals surface area contributed by atoms with Gasteiger partial charge in [-0.25, -0.2) is 0 Å². The molecule has 0 radical (unpaired) electrons. The first-order chi connectivity index (χ1) is 8.96. The lowest BCUT2D eigenvalue weighted by molar-refractivity contribution is -0.138. The summed E-state index contributed by atoms with van der Waals surface area (Å²) in [6.45, 7) is 4.49. The van der Waals surface area contributed by atoms with Crippen molar-refractivity contribution in [3.63, 3.8) is 0 Å². The Morgan fingerprint density at radius 2 is 1.95 bits per heavy atom. The van der Waals surface area contributed by atoms with Gasteiger partial charge in [0.2, 0.25) is 0 Å². The lowest BCUT2D eigenvalue weighted by Crippen LogP contribution is -2.41. The zero-order chi connectivity index (χ0) is 14.5. The van der Waals surface area contributed by atoms with Gasteiger partial charge in [-0.2, -0.15) is 0 Å². The molecule has 19 heavy (non-hydrogen) atoms. The van der Waals surface area contributed by atoms with Gasteiger partial charge in [0.1, 0.15) is 0 Å². The normalized spacial score (nSPS) is 13.7. The number of carboxylic acids is 1. The Hall–Kier alpha value is -1.75. The topological polar surface area (TPSA) is 67.8 Å². The predicted molar refractivity (Wildman–Crippen MR) is 72.8 cm³/mol. The SMILES string of the molecule is CCNC(C)(CC(=O)O)c1ccc(OC)c(OC)c1. The highest BCUT2D eigenvalue weighted by Crippen LogP contribution is 2.33. The molecule has 0 bridgehead atoms. The maximum atomic E-state index is 11.0. The van der Waals surface area contributed by atoms with Gasteiger partial charge in [-0.3, -0.25) is 4.79 Å². The Balaban J connectivity index is 3.19. The minimum atomic E-state index is -0.849. The van der Waals surface area contributed by atoms with Crippen LogP contribution in [0.4, 0.5) is 0 Å². The Morgan fingerprint density at radius 1 is 1.32 bits per heavy atom. The van der Waals surface area contributed by atoms with Crippen LogP contribution < -0.4 is 14.8 Å². The maximum absolute atomic E-state index is 11.0.